The molecule has 0 bridgehead atoms. The van der Waals surface area contributed by atoms with Gasteiger partial charge in [-0.05, 0) is 42.5 Å². The van der Waals surface area contributed by atoms with Crippen LogP contribution in [0.25, 0.3) is 10.9 Å². The zero-order valence-electron chi connectivity index (χ0n) is 16.5. The first kappa shape index (κ1) is 20.5. The number of anilines is 1. The summed E-state index contributed by atoms with van der Waals surface area (Å²) >= 11 is 6.02. The van der Waals surface area contributed by atoms with E-state index in [4.69, 9.17) is 20.8 Å². The first-order valence-corrected chi connectivity index (χ1v) is 9.74. The fraction of sp³-hybridized carbons (Fsp3) is 0.136. The van der Waals surface area contributed by atoms with Gasteiger partial charge in [0, 0.05) is 5.02 Å². The average molecular weight is 440 g/mol. The molecule has 158 valence electrons. The summed E-state index contributed by atoms with van der Waals surface area (Å²) in [6.45, 7) is -0.354. The maximum atomic E-state index is 13.2. The zero-order valence-corrected chi connectivity index (χ0v) is 17.3. The fourth-order valence-corrected chi connectivity index (χ4v) is 3.50. The molecular weight excluding hydrogens is 422 g/mol. The number of fused-ring (bicyclic) bond motifs is 1. The molecule has 31 heavy (non-hydrogen) atoms. The highest BCUT2D eigenvalue weighted by molar-refractivity contribution is 6.31. The molecule has 2 aromatic heterocycles. The molecule has 1 N–H and O–H groups in total. The van der Waals surface area contributed by atoms with Gasteiger partial charge in [-0.15, -0.1) is 0 Å². The zero-order chi connectivity index (χ0) is 22.0. The van der Waals surface area contributed by atoms with Gasteiger partial charge < -0.3 is 14.5 Å². The number of hydrogen-bond donors (Lipinski definition) is 1. The normalized spacial score (nSPS) is 10.9. The van der Waals surface area contributed by atoms with Gasteiger partial charge in [-0.1, -0.05) is 23.7 Å². The molecule has 0 saturated heterocycles. The number of carbonyl (C=O) groups is 1. The Hall–Kier alpha value is -3.78. The minimum atomic E-state index is -0.617. The van der Waals surface area contributed by atoms with Crippen LogP contribution in [0.15, 0.2) is 74.9 Å². The van der Waals surface area contributed by atoms with Crippen molar-refractivity contribution >= 4 is 34.1 Å². The Morgan fingerprint density at radius 3 is 2.65 bits per heavy atom. The maximum Gasteiger partial charge on any atom is 0.332 e. The van der Waals surface area contributed by atoms with Crippen molar-refractivity contribution in [2.45, 2.75) is 13.1 Å². The van der Waals surface area contributed by atoms with Crippen molar-refractivity contribution < 1.29 is 13.9 Å². The molecule has 0 radical (unpaired) electrons. The standard InChI is InChI=1S/C22H18ClN3O5/c1-30-19-9-8-14(23)11-17(19)24-20(27)13-25-18-7-3-2-6-16(18)21(28)26(22(25)29)12-15-5-4-10-31-15/h2-11H,12-13H2,1H3,(H,24,27). The van der Waals surface area contributed by atoms with E-state index in [1.165, 1.54) is 17.9 Å². The summed E-state index contributed by atoms with van der Waals surface area (Å²) < 4.78 is 12.8. The Balaban J connectivity index is 1.75. The van der Waals surface area contributed by atoms with Crippen LogP contribution in [0.3, 0.4) is 0 Å². The smallest absolute Gasteiger partial charge is 0.332 e. The van der Waals surface area contributed by atoms with E-state index in [0.717, 1.165) is 4.57 Å². The lowest BCUT2D eigenvalue weighted by atomic mass is 10.2. The molecule has 0 spiro atoms. The summed E-state index contributed by atoms with van der Waals surface area (Å²) in [4.78, 5) is 38.9. The van der Waals surface area contributed by atoms with Crippen LogP contribution in [0.1, 0.15) is 5.76 Å². The van der Waals surface area contributed by atoms with Crippen LogP contribution in [-0.4, -0.2) is 22.2 Å². The van der Waals surface area contributed by atoms with Crippen LogP contribution in [-0.2, 0) is 17.9 Å². The van der Waals surface area contributed by atoms with Crippen molar-refractivity contribution in [3.05, 3.63) is 92.5 Å². The minimum Gasteiger partial charge on any atom is -0.495 e. The molecule has 0 unspecified atom stereocenters. The number of hydrogen-bond acceptors (Lipinski definition) is 5. The van der Waals surface area contributed by atoms with E-state index in [9.17, 15) is 14.4 Å². The maximum absolute atomic E-state index is 13.2. The van der Waals surface area contributed by atoms with Crippen LogP contribution in [0.2, 0.25) is 5.02 Å². The van der Waals surface area contributed by atoms with Crippen LogP contribution >= 0.6 is 11.6 Å². The number of amides is 1. The Kier molecular flexibility index (Phi) is 5.64. The predicted octanol–water partition coefficient (Wildman–Crippen LogP) is 3.11. The third-order valence-electron chi connectivity index (χ3n) is 4.76. The SMILES string of the molecule is COc1ccc(Cl)cc1NC(=O)Cn1c(=O)n(Cc2ccco2)c(=O)c2ccccc21. The highest BCUT2D eigenvalue weighted by Gasteiger charge is 2.17. The van der Waals surface area contributed by atoms with Crippen LogP contribution < -0.4 is 21.3 Å². The largest absolute Gasteiger partial charge is 0.495 e. The fourth-order valence-electron chi connectivity index (χ4n) is 3.33. The highest BCUT2D eigenvalue weighted by Crippen LogP contribution is 2.27. The van der Waals surface area contributed by atoms with Gasteiger partial charge in [-0.3, -0.25) is 18.7 Å². The van der Waals surface area contributed by atoms with Crippen molar-refractivity contribution in [3.8, 4) is 5.75 Å². The second-order valence-electron chi connectivity index (χ2n) is 6.75. The lowest BCUT2D eigenvalue weighted by molar-refractivity contribution is -0.116. The van der Waals surface area contributed by atoms with Gasteiger partial charge in [0.2, 0.25) is 5.91 Å². The van der Waals surface area contributed by atoms with E-state index in [2.05, 4.69) is 5.32 Å². The Bertz CT molecular complexity index is 1370. The second kappa shape index (κ2) is 8.53. The van der Waals surface area contributed by atoms with E-state index in [0.29, 0.717) is 33.1 Å². The number of benzene rings is 2. The Morgan fingerprint density at radius 2 is 1.90 bits per heavy atom. The lowest BCUT2D eigenvalue weighted by Gasteiger charge is -2.15. The summed E-state index contributed by atoms with van der Waals surface area (Å²) in [5, 5.41) is 3.45. The number of furan rings is 1. The van der Waals surface area contributed by atoms with E-state index >= 15 is 0 Å². The second-order valence-corrected chi connectivity index (χ2v) is 7.19. The van der Waals surface area contributed by atoms with Crippen molar-refractivity contribution in [1.29, 1.82) is 0 Å². The first-order valence-electron chi connectivity index (χ1n) is 9.36. The van der Waals surface area contributed by atoms with Crippen molar-refractivity contribution in [2.24, 2.45) is 0 Å². The number of nitrogens with one attached hydrogen (secondary N) is 1. The van der Waals surface area contributed by atoms with Gasteiger partial charge in [0.15, 0.2) is 0 Å². The van der Waals surface area contributed by atoms with Gasteiger partial charge in [-0.25, -0.2) is 4.79 Å². The third-order valence-corrected chi connectivity index (χ3v) is 5.00. The molecule has 8 nitrogen and oxygen atoms in total. The molecule has 0 aliphatic carbocycles. The van der Waals surface area contributed by atoms with Gasteiger partial charge in [0.25, 0.3) is 5.56 Å². The summed E-state index contributed by atoms with van der Waals surface area (Å²) in [5.74, 6) is 0.405. The summed E-state index contributed by atoms with van der Waals surface area (Å²) in [7, 11) is 1.47. The van der Waals surface area contributed by atoms with E-state index in [-0.39, 0.29) is 13.1 Å². The molecular formula is C22H18ClN3O5. The molecule has 1 amide bonds. The number of carbonyl (C=O) groups excluding carboxylic acids is 1. The number of ether oxygens (including phenoxy) is 1. The van der Waals surface area contributed by atoms with Crippen molar-refractivity contribution in [3.63, 3.8) is 0 Å². The van der Waals surface area contributed by atoms with Crippen molar-refractivity contribution in [2.75, 3.05) is 12.4 Å². The molecule has 0 fully saturated rings. The molecule has 0 saturated carbocycles. The molecule has 2 aromatic carbocycles. The lowest BCUT2D eigenvalue weighted by Crippen LogP contribution is -2.42. The summed E-state index contributed by atoms with van der Waals surface area (Å²) in [6, 6.07) is 14.8. The number of halogens is 1. The minimum absolute atomic E-state index is 0.0424. The molecule has 0 aliphatic rings. The molecule has 2 heterocycles. The molecule has 9 heteroatoms. The van der Waals surface area contributed by atoms with Gasteiger partial charge in [0.05, 0.1) is 36.5 Å². The summed E-state index contributed by atoms with van der Waals surface area (Å²) in [6.07, 6.45) is 1.46. The number of rotatable bonds is 6. The van der Waals surface area contributed by atoms with E-state index in [1.807, 2.05) is 0 Å². The van der Waals surface area contributed by atoms with Gasteiger partial charge in [0.1, 0.15) is 18.1 Å². The average Bonchev–Trinajstić information content (AvgIpc) is 3.28. The van der Waals surface area contributed by atoms with Crippen molar-refractivity contribution in [1.82, 2.24) is 9.13 Å². The monoisotopic (exact) mass is 439 g/mol. The molecule has 4 aromatic rings. The highest BCUT2D eigenvalue weighted by atomic mass is 35.5. The van der Waals surface area contributed by atoms with E-state index < -0.39 is 17.2 Å². The van der Waals surface area contributed by atoms with Gasteiger partial charge in [-0.2, -0.15) is 0 Å². The first-order chi connectivity index (χ1) is 15.0. The Morgan fingerprint density at radius 1 is 1.10 bits per heavy atom. The predicted molar refractivity (Wildman–Crippen MR) is 117 cm³/mol. The quantitative estimate of drug-likeness (QED) is 0.498. The topological polar surface area (TPSA) is 95.5 Å². The third kappa shape index (κ3) is 4.10. The Labute approximate surface area is 181 Å². The summed E-state index contributed by atoms with van der Waals surface area (Å²) in [5.41, 5.74) is -0.332. The van der Waals surface area contributed by atoms with Crippen LogP contribution in [0.5, 0.6) is 5.75 Å². The number of methoxy groups -OCH3 is 1. The molecule has 0 atom stereocenters. The molecule has 0 aliphatic heterocycles. The number of aromatic nitrogens is 2. The van der Waals surface area contributed by atoms with Crippen LogP contribution in [0, 0.1) is 0 Å². The molecule has 4 rings (SSSR count). The van der Waals surface area contributed by atoms with Gasteiger partial charge >= 0.3 is 5.69 Å². The van der Waals surface area contributed by atoms with E-state index in [1.54, 1.807) is 54.6 Å². The number of nitrogens with zero attached hydrogens (tertiary/aromatic N) is 2. The number of para-hydroxylation sites is 1. The van der Waals surface area contributed by atoms with Crippen LogP contribution in [0.4, 0.5) is 5.69 Å².